The van der Waals surface area contributed by atoms with Crippen molar-refractivity contribution >= 4 is 5.91 Å². The van der Waals surface area contributed by atoms with Gasteiger partial charge in [-0.2, -0.15) is 4.98 Å². The van der Waals surface area contributed by atoms with Crippen molar-refractivity contribution in [3.8, 4) is 17.2 Å². The van der Waals surface area contributed by atoms with Crippen molar-refractivity contribution in [3.63, 3.8) is 0 Å². The molecule has 1 aromatic heterocycles. The lowest BCUT2D eigenvalue weighted by Crippen LogP contribution is -2.48. The topological polar surface area (TPSA) is 71.7 Å². The van der Waals surface area contributed by atoms with E-state index in [2.05, 4.69) is 15.0 Å². The molecule has 25 heavy (non-hydrogen) atoms. The summed E-state index contributed by atoms with van der Waals surface area (Å²) < 4.78 is 10.5. The van der Waals surface area contributed by atoms with E-state index >= 15 is 0 Å². The highest BCUT2D eigenvalue weighted by molar-refractivity contribution is 5.81. The molecule has 0 spiro atoms. The van der Waals surface area contributed by atoms with Crippen LogP contribution < -0.4 is 4.74 Å². The first kappa shape index (κ1) is 16.1. The van der Waals surface area contributed by atoms with Crippen molar-refractivity contribution in [2.45, 2.75) is 19.4 Å². The summed E-state index contributed by atoms with van der Waals surface area (Å²) in [4.78, 5) is 20.8. The van der Waals surface area contributed by atoms with E-state index in [0.29, 0.717) is 30.1 Å². The number of benzene rings is 1. The Kier molecular flexibility index (Phi) is 4.40. The molecule has 4 rings (SSSR count). The maximum Gasteiger partial charge on any atom is 0.257 e. The summed E-state index contributed by atoms with van der Waals surface area (Å²) >= 11 is 0. The molecule has 2 heterocycles. The molecule has 2 aromatic rings. The molecule has 7 nitrogen and oxygen atoms in total. The van der Waals surface area contributed by atoms with Crippen LogP contribution in [0.25, 0.3) is 11.5 Å². The van der Waals surface area contributed by atoms with Gasteiger partial charge in [0, 0.05) is 37.7 Å². The highest BCUT2D eigenvalue weighted by Gasteiger charge is 2.34. The van der Waals surface area contributed by atoms with Gasteiger partial charge < -0.3 is 14.2 Å². The predicted octanol–water partition coefficient (Wildman–Crippen LogP) is 1.80. The second-order valence-electron chi connectivity index (χ2n) is 6.62. The lowest BCUT2D eigenvalue weighted by molar-refractivity contribution is -0.134. The van der Waals surface area contributed by atoms with Crippen LogP contribution in [0.1, 0.15) is 18.7 Å². The fourth-order valence-corrected chi connectivity index (χ4v) is 3.08. The number of ether oxygens (including phenoxy) is 1. The van der Waals surface area contributed by atoms with E-state index in [-0.39, 0.29) is 0 Å². The van der Waals surface area contributed by atoms with Crippen molar-refractivity contribution < 1.29 is 14.1 Å². The summed E-state index contributed by atoms with van der Waals surface area (Å²) in [7, 11) is 1.64. The van der Waals surface area contributed by atoms with Gasteiger partial charge in [0.15, 0.2) is 5.82 Å². The number of hydrogen-bond acceptors (Lipinski definition) is 6. The summed E-state index contributed by atoms with van der Waals surface area (Å²) in [6, 6.07) is 7.54. The number of aromatic nitrogens is 2. The van der Waals surface area contributed by atoms with Gasteiger partial charge in [0.05, 0.1) is 13.7 Å². The van der Waals surface area contributed by atoms with Crippen molar-refractivity contribution in [2.24, 2.45) is 5.92 Å². The Balaban J connectivity index is 1.33. The SMILES string of the molecule is COc1ccc(-c2nc(CN3CCN(C(=O)C4CC4)CC3)no2)cc1. The van der Waals surface area contributed by atoms with Gasteiger partial charge in [-0.25, -0.2) is 0 Å². The van der Waals surface area contributed by atoms with Crippen LogP contribution in [0.3, 0.4) is 0 Å². The third kappa shape index (κ3) is 3.66. The summed E-state index contributed by atoms with van der Waals surface area (Å²) in [6.07, 6.45) is 2.13. The van der Waals surface area contributed by atoms with E-state index in [9.17, 15) is 4.79 Å². The molecule has 2 aliphatic rings. The molecule has 1 saturated carbocycles. The number of nitrogens with zero attached hydrogens (tertiary/aromatic N) is 4. The normalized spacial score (nSPS) is 18.4. The maximum absolute atomic E-state index is 12.1. The Morgan fingerprint density at radius 2 is 1.92 bits per heavy atom. The van der Waals surface area contributed by atoms with E-state index in [1.807, 2.05) is 29.2 Å². The van der Waals surface area contributed by atoms with Crippen LogP contribution in [0.2, 0.25) is 0 Å². The van der Waals surface area contributed by atoms with Crippen LogP contribution in [0.15, 0.2) is 28.8 Å². The Morgan fingerprint density at radius 1 is 1.20 bits per heavy atom. The van der Waals surface area contributed by atoms with Crippen molar-refractivity contribution in [3.05, 3.63) is 30.1 Å². The number of carbonyl (C=O) groups is 1. The maximum atomic E-state index is 12.1. The molecule has 1 amide bonds. The first-order valence-electron chi connectivity index (χ1n) is 8.71. The van der Waals surface area contributed by atoms with E-state index in [4.69, 9.17) is 9.26 Å². The van der Waals surface area contributed by atoms with Crippen LogP contribution in [0, 0.1) is 5.92 Å². The quantitative estimate of drug-likeness (QED) is 0.825. The molecule has 0 N–H and O–H groups in total. The lowest BCUT2D eigenvalue weighted by atomic mass is 10.2. The summed E-state index contributed by atoms with van der Waals surface area (Å²) in [6.45, 7) is 3.93. The molecule has 2 fully saturated rings. The van der Waals surface area contributed by atoms with E-state index in [1.54, 1.807) is 7.11 Å². The number of hydrogen-bond donors (Lipinski definition) is 0. The highest BCUT2D eigenvalue weighted by Crippen LogP contribution is 2.31. The molecule has 7 heteroatoms. The fourth-order valence-electron chi connectivity index (χ4n) is 3.08. The van der Waals surface area contributed by atoms with Crippen LogP contribution in [-0.2, 0) is 11.3 Å². The first-order chi connectivity index (χ1) is 12.2. The van der Waals surface area contributed by atoms with Crippen LogP contribution >= 0.6 is 0 Å². The lowest BCUT2D eigenvalue weighted by Gasteiger charge is -2.34. The molecule has 0 radical (unpaired) electrons. The predicted molar refractivity (Wildman–Crippen MR) is 90.9 cm³/mol. The number of amides is 1. The molecule has 1 aliphatic carbocycles. The molecule has 1 aromatic carbocycles. The summed E-state index contributed by atoms with van der Waals surface area (Å²) in [5.74, 6) is 2.62. The van der Waals surface area contributed by atoms with E-state index in [0.717, 1.165) is 50.3 Å². The molecule has 1 saturated heterocycles. The Labute approximate surface area is 146 Å². The van der Waals surface area contributed by atoms with E-state index in [1.165, 1.54) is 0 Å². The zero-order valence-electron chi connectivity index (χ0n) is 14.4. The molecule has 132 valence electrons. The molecule has 0 bridgehead atoms. The Hall–Kier alpha value is -2.41. The monoisotopic (exact) mass is 342 g/mol. The molecular formula is C18H22N4O3. The minimum atomic E-state index is 0.302. The van der Waals surface area contributed by atoms with Gasteiger partial charge >= 0.3 is 0 Å². The standard InChI is InChI=1S/C18H22N4O3/c1-24-15-6-4-13(5-7-15)17-19-16(20-25-17)12-21-8-10-22(11-9-21)18(23)14-2-3-14/h4-7,14H,2-3,8-12H2,1H3. The minimum absolute atomic E-state index is 0.302. The number of methoxy groups -OCH3 is 1. The molecule has 0 unspecified atom stereocenters. The average Bonchev–Trinajstić information content (AvgIpc) is 3.41. The van der Waals surface area contributed by atoms with Crippen molar-refractivity contribution in [1.29, 1.82) is 0 Å². The third-order valence-electron chi connectivity index (χ3n) is 4.78. The van der Waals surface area contributed by atoms with Crippen LogP contribution in [0.5, 0.6) is 5.75 Å². The number of rotatable bonds is 5. The second-order valence-corrected chi connectivity index (χ2v) is 6.62. The average molecular weight is 342 g/mol. The first-order valence-corrected chi connectivity index (χ1v) is 8.71. The largest absolute Gasteiger partial charge is 0.497 e. The van der Waals surface area contributed by atoms with Gasteiger partial charge in [0.2, 0.25) is 5.91 Å². The summed E-state index contributed by atoms with van der Waals surface area (Å²) in [5, 5.41) is 4.08. The van der Waals surface area contributed by atoms with Crippen molar-refractivity contribution in [1.82, 2.24) is 19.9 Å². The zero-order valence-corrected chi connectivity index (χ0v) is 14.4. The van der Waals surface area contributed by atoms with Gasteiger partial charge in [0.25, 0.3) is 5.89 Å². The van der Waals surface area contributed by atoms with Gasteiger partial charge in [-0.1, -0.05) is 5.16 Å². The minimum Gasteiger partial charge on any atom is -0.497 e. The smallest absolute Gasteiger partial charge is 0.257 e. The second kappa shape index (κ2) is 6.84. The van der Waals surface area contributed by atoms with Crippen LogP contribution in [-0.4, -0.2) is 59.1 Å². The fraction of sp³-hybridized carbons (Fsp3) is 0.500. The van der Waals surface area contributed by atoms with Gasteiger partial charge in [-0.15, -0.1) is 0 Å². The number of carbonyl (C=O) groups excluding carboxylic acids is 1. The molecular weight excluding hydrogens is 320 g/mol. The zero-order chi connectivity index (χ0) is 17.2. The van der Waals surface area contributed by atoms with Gasteiger partial charge in [0.1, 0.15) is 5.75 Å². The molecule has 0 atom stereocenters. The highest BCUT2D eigenvalue weighted by atomic mass is 16.5. The Morgan fingerprint density at radius 3 is 2.56 bits per heavy atom. The van der Waals surface area contributed by atoms with E-state index < -0.39 is 0 Å². The van der Waals surface area contributed by atoms with Crippen LogP contribution in [0.4, 0.5) is 0 Å². The Bertz CT molecular complexity index is 731. The number of piperazine rings is 1. The van der Waals surface area contributed by atoms with Gasteiger partial charge in [-0.05, 0) is 37.1 Å². The summed E-state index contributed by atoms with van der Waals surface area (Å²) in [5.41, 5.74) is 0.874. The van der Waals surface area contributed by atoms with Gasteiger partial charge in [-0.3, -0.25) is 9.69 Å². The van der Waals surface area contributed by atoms with Crippen molar-refractivity contribution in [2.75, 3.05) is 33.3 Å². The molecule has 1 aliphatic heterocycles. The third-order valence-corrected chi connectivity index (χ3v) is 4.78.